The van der Waals surface area contributed by atoms with Gasteiger partial charge in [-0.15, -0.1) is 0 Å². The standard InChI is InChI=1S/C22H18F4N2O3/c1-3-31-19(29)12-28(2)21(30)16-11-18(13-7-9-14(23)10-8-13)27-20-15(16)5-4-6-17(20)22(24,25)26/h4-11H,3,12H2,1-2H3. The lowest BCUT2D eigenvalue weighted by atomic mass is 10.0. The van der Waals surface area contributed by atoms with E-state index in [2.05, 4.69) is 4.98 Å². The van der Waals surface area contributed by atoms with E-state index in [1.54, 1.807) is 6.92 Å². The Balaban J connectivity index is 2.20. The summed E-state index contributed by atoms with van der Waals surface area (Å²) in [6, 6.07) is 9.76. The van der Waals surface area contributed by atoms with E-state index in [4.69, 9.17) is 4.74 Å². The van der Waals surface area contributed by atoms with Crippen LogP contribution in [0, 0.1) is 5.82 Å². The van der Waals surface area contributed by atoms with Crippen molar-refractivity contribution < 1.29 is 31.9 Å². The molecule has 0 N–H and O–H groups in total. The van der Waals surface area contributed by atoms with Crippen LogP contribution in [0.2, 0.25) is 0 Å². The Bertz CT molecular complexity index is 1130. The Hall–Kier alpha value is -3.49. The van der Waals surface area contributed by atoms with Crippen molar-refractivity contribution in [2.24, 2.45) is 0 Å². The van der Waals surface area contributed by atoms with Gasteiger partial charge in [-0.05, 0) is 43.3 Å². The van der Waals surface area contributed by atoms with Crippen molar-refractivity contribution in [1.29, 1.82) is 0 Å². The number of nitrogens with zero attached hydrogens (tertiary/aromatic N) is 2. The van der Waals surface area contributed by atoms with E-state index in [1.165, 1.54) is 37.4 Å². The third-order valence-electron chi connectivity index (χ3n) is 4.53. The van der Waals surface area contributed by atoms with Crippen molar-refractivity contribution in [2.75, 3.05) is 20.2 Å². The minimum atomic E-state index is -4.70. The fourth-order valence-electron chi connectivity index (χ4n) is 3.10. The van der Waals surface area contributed by atoms with Gasteiger partial charge in [0, 0.05) is 18.0 Å². The minimum Gasteiger partial charge on any atom is -0.465 e. The highest BCUT2D eigenvalue weighted by Crippen LogP contribution is 2.36. The molecule has 0 aliphatic heterocycles. The Kier molecular flexibility index (Phi) is 6.24. The van der Waals surface area contributed by atoms with Gasteiger partial charge in [0.1, 0.15) is 12.4 Å². The lowest BCUT2D eigenvalue weighted by Gasteiger charge is -2.19. The molecule has 162 valence electrons. The topological polar surface area (TPSA) is 59.5 Å². The summed E-state index contributed by atoms with van der Waals surface area (Å²) in [6.07, 6.45) is -4.70. The van der Waals surface area contributed by atoms with E-state index in [-0.39, 0.29) is 29.8 Å². The zero-order chi connectivity index (χ0) is 22.8. The van der Waals surface area contributed by atoms with Crippen LogP contribution < -0.4 is 0 Å². The first-order valence-corrected chi connectivity index (χ1v) is 9.29. The van der Waals surface area contributed by atoms with Crippen molar-refractivity contribution in [2.45, 2.75) is 13.1 Å². The van der Waals surface area contributed by atoms with Gasteiger partial charge in [-0.25, -0.2) is 9.37 Å². The number of benzene rings is 2. The fourth-order valence-corrected chi connectivity index (χ4v) is 3.10. The summed E-state index contributed by atoms with van der Waals surface area (Å²) in [4.78, 5) is 30.0. The van der Waals surface area contributed by atoms with E-state index < -0.39 is 35.0 Å². The average Bonchev–Trinajstić information content (AvgIpc) is 2.71. The monoisotopic (exact) mass is 434 g/mol. The molecule has 0 saturated heterocycles. The minimum absolute atomic E-state index is 0.0126. The summed E-state index contributed by atoms with van der Waals surface area (Å²) in [5.41, 5.74) is -1.08. The number of carbonyl (C=O) groups excluding carboxylic acids is 2. The van der Waals surface area contributed by atoms with Crippen LogP contribution in [0.5, 0.6) is 0 Å². The number of para-hydroxylation sites is 1. The molecule has 0 aliphatic carbocycles. The summed E-state index contributed by atoms with van der Waals surface area (Å²) >= 11 is 0. The van der Waals surface area contributed by atoms with Crippen LogP contribution in [0.1, 0.15) is 22.8 Å². The molecule has 0 radical (unpaired) electrons. The molecule has 0 fully saturated rings. The number of rotatable bonds is 5. The highest BCUT2D eigenvalue weighted by molar-refractivity contribution is 6.08. The lowest BCUT2D eigenvalue weighted by Crippen LogP contribution is -2.33. The molecule has 1 heterocycles. The number of aromatic nitrogens is 1. The highest BCUT2D eigenvalue weighted by atomic mass is 19.4. The number of ether oxygens (including phenoxy) is 1. The molecular weight excluding hydrogens is 416 g/mol. The molecule has 0 unspecified atom stereocenters. The van der Waals surface area contributed by atoms with E-state index >= 15 is 0 Å². The van der Waals surface area contributed by atoms with Gasteiger partial charge in [0.2, 0.25) is 0 Å². The number of esters is 1. The molecule has 0 atom stereocenters. The Morgan fingerprint density at radius 2 is 1.77 bits per heavy atom. The summed E-state index contributed by atoms with van der Waals surface area (Å²) < 4.78 is 58.9. The summed E-state index contributed by atoms with van der Waals surface area (Å²) in [5.74, 6) is -1.85. The first-order valence-electron chi connectivity index (χ1n) is 9.29. The predicted molar refractivity (Wildman–Crippen MR) is 106 cm³/mol. The predicted octanol–water partition coefficient (Wildman–Crippen LogP) is 4.69. The van der Waals surface area contributed by atoms with Crippen LogP contribution in [0.4, 0.5) is 17.6 Å². The third kappa shape index (κ3) is 4.82. The van der Waals surface area contributed by atoms with E-state index in [9.17, 15) is 27.2 Å². The van der Waals surface area contributed by atoms with E-state index in [0.717, 1.165) is 23.1 Å². The maximum absolute atomic E-state index is 13.6. The van der Waals surface area contributed by atoms with Gasteiger partial charge in [0.25, 0.3) is 5.91 Å². The van der Waals surface area contributed by atoms with Gasteiger partial charge < -0.3 is 9.64 Å². The average molecular weight is 434 g/mol. The van der Waals surface area contributed by atoms with Crippen LogP contribution in [0.3, 0.4) is 0 Å². The Morgan fingerprint density at radius 3 is 2.39 bits per heavy atom. The quantitative estimate of drug-likeness (QED) is 0.432. The van der Waals surface area contributed by atoms with Crippen molar-refractivity contribution in [3.63, 3.8) is 0 Å². The third-order valence-corrected chi connectivity index (χ3v) is 4.53. The van der Waals surface area contributed by atoms with E-state index in [0.29, 0.717) is 5.56 Å². The van der Waals surface area contributed by atoms with Crippen molar-refractivity contribution >= 4 is 22.8 Å². The second-order valence-corrected chi connectivity index (χ2v) is 6.73. The molecule has 31 heavy (non-hydrogen) atoms. The maximum Gasteiger partial charge on any atom is 0.418 e. The van der Waals surface area contributed by atoms with Gasteiger partial charge in [0.15, 0.2) is 0 Å². The van der Waals surface area contributed by atoms with Gasteiger partial charge in [-0.1, -0.05) is 12.1 Å². The summed E-state index contributed by atoms with van der Waals surface area (Å²) in [6.45, 7) is 1.37. The molecule has 0 saturated carbocycles. The van der Waals surface area contributed by atoms with Crippen LogP contribution in [0.25, 0.3) is 22.2 Å². The first-order chi connectivity index (χ1) is 14.6. The van der Waals surface area contributed by atoms with Crippen molar-refractivity contribution in [3.05, 3.63) is 65.5 Å². The van der Waals surface area contributed by atoms with Gasteiger partial charge >= 0.3 is 12.1 Å². The van der Waals surface area contributed by atoms with Crippen LogP contribution >= 0.6 is 0 Å². The molecule has 5 nitrogen and oxygen atoms in total. The SMILES string of the molecule is CCOC(=O)CN(C)C(=O)c1cc(-c2ccc(F)cc2)nc2c(C(F)(F)F)cccc12. The highest BCUT2D eigenvalue weighted by Gasteiger charge is 2.34. The molecule has 9 heteroatoms. The van der Waals surface area contributed by atoms with E-state index in [1.807, 2.05) is 0 Å². The van der Waals surface area contributed by atoms with Crippen molar-refractivity contribution in [3.8, 4) is 11.3 Å². The number of hydrogen-bond donors (Lipinski definition) is 0. The molecule has 2 aromatic carbocycles. The molecule has 0 aliphatic rings. The van der Waals surface area contributed by atoms with Crippen molar-refractivity contribution in [1.82, 2.24) is 9.88 Å². The van der Waals surface area contributed by atoms with Crippen LogP contribution in [0.15, 0.2) is 48.5 Å². The van der Waals surface area contributed by atoms with Gasteiger partial charge in [-0.3, -0.25) is 9.59 Å². The normalized spacial score (nSPS) is 11.4. The zero-order valence-corrected chi connectivity index (χ0v) is 16.7. The number of likely N-dealkylation sites (N-methyl/N-ethyl adjacent to an activating group) is 1. The maximum atomic E-state index is 13.6. The largest absolute Gasteiger partial charge is 0.465 e. The van der Waals surface area contributed by atoms with Gasteiger partial charge in [-0.2, -0.15) is 13.2 Å². The van der Waals surface area contributed by atoms with Crippen LogP contribution in [-0.2, 0) is 15.7 Å². The molecule has 1 aromatic heterocycles. The fraction of sp³-hybridized carbons (Fsp3) is 0.227. The number of hydrogen-bond acceptors (Lipinski definition) is 4. The number of alkyl halides is 3. The summed E-state index contributed by atoms with van der Waals surface area (Å²) in [7, 11) is 1.34. The van der Waals surface area contributed by atoms with Gasteiger partial charge in [0.05, 0.1) is 28.9 Å². The number of fused-ring (bicyclic) bond motifs is 1. The number of carbonyl (C=O) groups is 2. The zero-order valence-electron chi connectivity index (χ0n) is 16.7. The molecule has 1 amide bonds. The van der Waals surface area contributed by atoms with Crippen LogP contribution in [-0.4, -0.2) is 42.0 Å². The second kappa shape index (κ2) is 8.71. The molecule has 3 aromatic rings. The molecule has 0 spiro atoms. The first kappa shape index (κ1) is 22.2. The smallest absolute Gasteiger partial charge is 0.418 e. The molecule has 3 rings (SSSR count). The molecular formula is C22H18F4N2O3. The summed E-state index contributed by atoms with van der Waals surface area (Å²) in [5, 5.41) is -0.0126. The number of pyridine rings is 1. The lowest BCUT2D eigenvalue weighted by molar-refractivity contribution is -0.143. The number of amides is 1. The Morgan fingerprint density at radius 1 is 1.10 bits per heavy atom. The second-order valence-electron chi connectivity index (χ2n) is 6.73. The molecule has 0 bridgehead atoms. The number of halogens is 4. The Labute approximate surface area is 175 Å².